The van der Waals surface area contributed by atoms with E-state index in [1.165, 1.54) is 5.56 Å². The number of fused-ring (bicyclic) bond motifs is 1. The Hall–Kier alpha value is -2.56. The van der Waals surface area contributed by atoms with Crippen molar-refractivity contribution < 1.29 is 4.74 Å². The first kappa shape index (κ1) is 11.5. The third-order valence-electron chi connectivity index (χ3n) is 2.79. The molecule has 5 heteroatoms. The summed E-state index contributed by atoms with van der Waals surface area (Å²) in [5, 5.41) is 4.31. The third kappa shape index (κ3) is 2.49. The Balaban J connectivity index is 1.76. The molecule has 0 amide bonds. The zero-order chi connectivity index (χ0) is 13.2. The van der Waals surface area contributed by atoms with E-state index in [4.69, 9.17) is 10.5 Å². The standard InChI is InChI=1S/C14H14N4O/c1-10-2-4-12(5-3-10)19-9-13-16-14-8-11(15)6-7-18(14)17-13/h2-8H,9,15H2,1H3. The fraction of sp³-hybridized carbons (Fsp3) is 0.143. The molecule has 2 heterocycles. The van der Waals surface area contributed by atoms with Crippen LogP contribution in [0, 0.1) is 6.92 Å². The average Bonchev–Trinajstić information content (AvgIpc) is 2.80. The summed E-state index contributed by atoms with van der Waals surface area (Å²) in [5.41, 5.74) is 8.30. The minimum Gasteiger partial charge on any atom is -0.486 e. The summed E-state index contributed by atoms with van der Waals surface area (Å²) in [7, 11) is 0. The summed E-state index contributed by atoms with van der Waals surface area (Å²) >= 11 is 0. The van der Waals surface area contributed by atoms with E-state index in [1.807, 2.05) is 31.2 Å². The minimum atomic E-state index is 0.338. The van der Waals surface area contributed by atoms with E-state index in [9.17, 15) is 0 Å². The van der Waals surface area contributed by atoms with Gasteiger partial charge in [-0.3, -0.25) is 0 Å². The van der Waals surface area contributed by atoms with Crippen LogP contribution >= 0.6 is 0 Å². The Morgan fingerprint density at radius 3 is 2.79 bits per heavy atom. The highest BCUT2D eigenvalue weighted by Crippen LogP contribution is 2.13. The van der Waals surface area contributed by atoms with Crippen LogP contribution in [0.2, 0.25) is 0 Å². The molecule has 0 bridgehead atoms. The van der Waals surface area contributed by atoms with Crippen LogP contribution in [0.5, 0.6) is 5.75 Å². The molecule has 1 aromatic carbocycles. The van der Waals surface area contributed by atoms with E-state index in [0.717, 1.165) is 11.4 Å². The van der Waals surface area contributed by atoms with Crippen molar-refractivity contribution >= 4 is 11.3 Å². The third-order valence-corrected chi connectivity index (χ3v) is 2.79. The average molecular weight is 254 g/mol. The second-order valence-electron chi connectivity index (χ2n) is 4.39. The highest BCUT2D eigenvalue weighted by Gasteiger charge is 2.04. The Bertz CT molecular complexity index is 703. The van der Waals surface area contributed by atoms with Crippen LogP contribution < -0.4 is 10.5 Å². The molecule has 0 aliphatic heterocycles. The van der Waals surface area contributed by atoms with Crippen molar-refractivity contribution in [3.63, 3.8) is 0 Å². The van der Waals surface area contributed by atoms with Gasteiger partial charge in [0.15, 0.2) is 11.5 Å². The van der Waals surface area contributed by atoms with Crippen molar-refractivity contribution in [3.8, 4) is 5.75 Å². The van der Waals surface area contributed by atoms with Gasteiger partial charge in [0.1, 0.15) is 12.4 Å². The second kappa shape index (κ2) is 4.61. The molecule has 0 atom stereocenters. The van der Waals surface area contributed by atoms with E-state index >= 15 is 0 Å². The lowest BCUT2D eigenvalue weighted by Gasteiger charge is -2.03. The van der Waals surface area contributed by atoms with Crippen LogP contribution in [0.15, 0.2) is 42.6 Å². The van der Waals surface area contributed by atoms with Gasteiger partial charge in [0.05, 0.1) is 0 Å². The maximum atomic E-state index is 5.70. The van der Waals surface area contributed by atoms with Crippen LogP contribution in [0.4, 0.5) is 5.69 Å². The highest BCUT2D eigenvalue weighted by atomic mass is 16.5. The van der Waals surface area contributed by atoms with Gasteiger partial charge in [0.2, 0.25) is 0 Å². The number of benzene rings is 1. The lowest BCUT2D eigenvalue weighted by molar-refractivity contribution is 0.296. The monoisotopic (exact) mass is 254 g/mol. The van der Waals surface area contributed by atoms with Crippen LogP contribution in [0.3, 0.4) is 0 Å². The van der Waals surface area contributed by atoms with Crippen molar-refractivity contribution in [1.82, 2.24) is 14.6 Å². The first-order valence-electron chi connectivity index (χ1n) is 6.01. The molecule has 96 valence electrons. The molecule has 2 aromatic heterocycles. The van der Waals surface area contributed by atoms with Gasteiger partial charge in [-0.15, -0.1) is 5.10 Å². The lowest BCUT2D eigenvalue weighted by atomic mass is 10.2. The molecule has 19 heavy (non-hydrogen) atoms. The number of anilines is 1. The summed E-state index contributed by atoms with van der Waals surface area (Å²) in [6.07, 6.45) is 1.78. The number of aromatic nitrogens is 3. The van der Waals surface area contributed by atoms with Gasteiger partial charge < -0.3 is 10.5 Å². The Kier molecular flexibility index (Phi) is 2.79. The number of nitrogen functional groups attached to an aromatic ring is 1. The molecule has 2 N–H and O–H groups in total. The number of hydrogen-bond donors (Lipinski definition) is 1. The smallest absolute Gasteiger partial charge is 0.189 e. The Labute approximate surface area is 110 Å². The van der Waals surface area contributed by atoms with Crippen molar-refractivity contribution in [2.75, 3.05) is 5.73 Å². The fourth-order valence-electron chi connectivity index (χ4n) is 1.79. The largest absolute Gasteiger partial charge is 0.486 e. The molecule has 0 fully saturated rings. The zero-order valence-corrected chi connectivity index (χ0v) is 10.6. The highest BCUT2D eigenvalue weighted by molar-refractivity contribution is 5.50. The normalized spacial score (nSPS) is 10.8. The van der Waals surface area contributed by atoms with Gasteiger partial charge >= 0.3 is 0 Å². The molecule has 5 nitrogen and oxygen atoms in total. The summed E-state index contributed by atoms with van der Waals surface area (Å²) in [5.74, 6) is 1.44. The quantitative estimate of drug-likeness (QED) is 0.778. The molecule has 0 spiro atoms. The van der Waals surface area contributed by atoms with E-state index in [0.29, 0.717) is 18.1 Å². The van der Waals surface area contributed by atoms with Crippen molar-refractivity contribution in [2.45, 2.75) is 13.5 Å². The van der Waals surface area contributed by atoms with Gasteiger partial charge in [-0.2, -0.15) is 0 Å². The molecule has 0 saturated carbocycles. The molecule has 3 rings (SSSR count). The van der Waals surface area contributed by atoms with Crippen molar-refractivity contribution in [1.29, 1.82) is 0 Å². The number of ether oxygens (including phenoxy) is 1. The summed E-state index contributed by atoms with van der Waals surface area (Å²) in [6, 6.07) is 11.4. The number of aryl methyl sites for hydroxylation is 1. The molecule has 0 aliphatic carbocycles. The van der Waals surface area contributed by atoms with Gasteiger partial charge in [-0.05, 0) is 25.1 Å². The maximum Gasteiger partial charge on any atom is 0.189 e. The fourth-order valence-corrected chi connectivity index (χ4v) is 1.79. The lowest BCUT2D eigenvalue weighted by Crippen LogP contribution is -1.98. The van der Waals surface area contributed by atoms with E-state index in [2.05, 4.69) is 10.1 Å². The van der Waals surface area contributed by atoms with Crippen molar-refractivity contribution in [2.24, 2.45) is 0 Å². The first-order valence-corrected chi connectivity index (χ1v) is 6.01. The molecular formula is C14H14N4O. The topological polar surface area (TPSA) is 65.4 Å². The van der Waals surface area contributed by atoms with E-state index < -0.39 is 0 Å². The number of rotatable bonds is 3. The molecule has 0 saturated heterocycles. The minimum absolute atomic E-state index is 0.338. The maximum absolute atomic E-state index is 5.70. The van der Waals surface area contributed by atoms with Crippen LogP contribution in [-0.2, 0) is 6.61 Å². The van der Waals surface area contributed by atoms with Gasteiger partial charge in [-0.1, -0.05) is 17.7 Å². The van der Waals surface area contributed by atoms with E-state index in [-0.39, 0.29) is 0 Å². The number of nitrogens with zero attached hydrogens (tertiary/aromatic N) is 3. The SMILES string of the molecule is Cc1ccc(OCc2nc3cc(N)ccn3n2)cc1. The van der Waals surface area contributed by atoms with Gasteiger partial charge in [0, 0.05) is 18.0 Å². The summed E-state index contributed by atoms with van der Waals surface area (Å²) < 4.78 is 7.32. The number of nitrogens with two attached hydrogens (primary N) is 1. The molecular weight excluding hydrogens is 240 g/mol. The van der Waals surface area contributed by atoms with Crippen LogP contribution in [-0.4, -0.2) is 14.6 Å². The van der Waals surface area contributed by atoms with Crippen LogP contribution in [0.25, 0.3) is 5.65 Å². The number of pyridine rings is 1. The van der Waals surface area contributed by atoms with Gasteiger partial charge in [-0.25, -0.2) is 9.50 Å². The first-order chi connectivity index (χ1) is 9.20. The Morgan fingerprint density at radius 1 is 1.21 bits per heavy atom. The molecule has 3 aromatic rings. The Morgan fingerprint density at radius 2 is 2.00 bits per heavy atom. The van der Waals surface area contributed by atoms with Crippen LogP contribution in [0.1, 0.15) is 11.4 Å². The molecule has 0 radical (unpaired) electrons. The molecule has 0 unspecified atom stereocenters. The van der Waals surface area contributed by atoms with Crippen molar-refractivity contribution in [3.05, 3.63) is 54.0 Å². The summed E-state index contributed by atoms with van der Waals surface area (Å²) in [6.45, 7) is 2.38. The van der Waals surface area contributed by atoms with Gasteiger partial charge in [0.25, 0.3) is 0 Å². The zero-order valence-electron chi connectivity index (χ0n) is 10.6. The van der Waals surface area contributed by atoms with E-state index in [1.54, 1.807) is 22.8 Å². The number of hydrogen-bond acceptors (Lipinski definition) is 4. The predicted octanol–water partition coefficient (Wildman–Crippen LogP) is 2.20. The second-order valence-corrected chi connectivity index (χ2v) is 4.39. The summed E-state index contributed by atoms with van der Waals surface area (Å²) in [4.78, 5) is 4.35. The molecule has 0 aliphatic rings. The predicted molar refractivity (Wildman–Crippen MR) is 72.9 cm³/mol.